The van der Waals surface area contributed by atoms with Crippen molar-refractivity contribution in [3.05, 3.63) is 35.4 Å². The second-order valence-electron chi connectivity index (χ2n) is 1.30. The van der Waals surface area contributed by atoms with Crippen LogP contribution in [0, 0.1) is 0 Å². The average molecular weight is 313 g/mol. The van der Waals surface area contributed by atoms with Gasteiger partial charge in [0.1, 0.15) is 0 Å². The Balaban J connectivity index is 0.000000490. The van der Waals surface area contributed by atoms with E-state index >= 15 is 0 Å². The van der Waals surface area contributed by atoms with Crippen LogP contribution in [0.25, 0.3) is 0 Å². The van der Waals surface area contributed by atoms with E-state index in [0.717, 1.165) is 5.02 Å². The Morgan fingerprint density at radius 3 is 1.75 bits per heavy atom. The molecule has 0 unspecified atom stereocenters. The van der Waals surface area contributed by atoms with Crippen molar-refractivity contribution in [3.63, 3.8) is 0 Å². The van der Waals surface area contributed by atoms with Crippen LogP contribution in [0.1, 0.15) is 0 Å². The Morgan fingerprint density at radius 2 is 1.50 bits per heavy atom. The van der Waals surface area contributed by atoms with Gasteiger partial charge in [-0.2, -0.15) is 0 Å². The molecule has 0 aliphatic heterocycles. The van der Waals surface area contributed by atoms with Gasteiger partial charge in [0.05, 0.1) is 0 Å². The van der Waals surface area contributed by atoms with E-state index in [1.54, 1.807) is 0 Å². The van der Waals surface area contributed by atoms with E-state index in [9.17, 15) is 0 Å². The normalized spacial score (nSPS) is 7.62. The molecule has 0 N–H and O–H groups in total. The van der Waals surface area contributed by atoms with Crippen LogP contribution in [-0.2, 0) is 27.7 Å². The van der Waals surface area contributed by atoms with Gasteiger partial charge in [0, 0.05) is 5.02 Å². The van der Waals surface area contributed by atoms with Crippen LogP contribution in [0.4, 0.5) is 0 Å². The predicted octanol–water partition coefficient (Wildman–Crippen LogP) is 2.34. The van der Waals surface area contributed by atoms with Crippen molar-refractivity contribution < 1.29 is 27.7 Å². The van der Waals surface area contributed by atoms with Crippen LogP contribution in [0.2, 0.25) is 5.02 Å². The SMILES string of the molecule is Clc1ccccc1.[Hg+2]. The topological polar surface area (TPSA) is 0 Å². The number of benzene rings is 1. The number of hydrogen-bond acceptors (Lipinski definition) is 0. The maximum Gasteiger partial charge on any atom is 2.00 e. The summed E-state index contributed by atoms with van der Waals surface area (Å²) >= 11 is 5.54. The minimum absolute atomic E-state index is 0. The molecular weight excluding hydrogens is 308 g/mol. The van der Waals surface area contributed by atoms with Crippen molar-refractivity contribution in [2.24, 2.45) is 0 Å². The molecule has 0 nitrogen and oxygen atoms in total. The van der Waals surface area contributed by atoms with Gasteiger partial charge in [0.25, 0.3) is 0 Å². The van der Waals surface area contributed by atoms with Crippen LogP contribution in [0.3, 0.4) is 0 Å². The van der Waals surface area contributed by atoms with E-state index in [2.05, 4.69) is 0 Å². The van der Waals surface area contributed by atoms with E-state index in [1.807, 2.05) is 30.3 Å². The first-order chi connectivity index (χ1) is 3.39. The molecule has 0 fully saturated rings. The summed E-state index contributed by atoms with van der Waals surface area (Å²) in [5.74, 6) is 0. The first-order valence-corrected chi connectivity index (χ1v) is 2.48. The maximum atomic E-state index is 5.54. The molecule has 0 saturated heterocycles. The fourth-order valence-electron chi connectivity index (χ4n) is 0.415. The van der Waals surface area contributed by atoms with Gasteiger partial charge in [0.2, 0.25) is 0 Å². The summed E-state index contributed by atoms with van der Waals surface area (Å²) in [6.45, 7) is 0. The smallest absolute Gasteiger partial charge is 0.0843 e. The Hall–Kier alpha value is 0.445. The minimum atomic E-state index is 0. The van der Waals surface area contributed by atoms with Crippen molar-refractivity contribution in [2.45, 2.75) is 0 Å². The van der Waals surface area contributed by atoms with Gasteiger partial charge >= 0.3 is 27.7 Å². The third-order valence-corrected chi connectivity index (χ3v) is 0.985. The summed E-state index contributed by atoms with van der Waals surface area (Å²) in [5.41, 5.74) is 0. The summed E-state index contributed by atoms with van der Waals surface area (Å²) in [5, 5.41) is 0.794. The molecule has 0 spiro atoms. The zero-order valence-electron chi connectivity index (χ0n) is 4.47. The van der Waals surface area contributed by atoms with Gasteiger partial charge in [-0.3, -0.25) is 0 Å². The van der Waals surface area contributed by atoms with Gasteiger partial charge in [-0.15, -0.1) is 0 Å². The molecule has 0 amide bonds. The largest absolute Gasteiger partial charge is 2.00 e. The molecule has 0 bridgehead atoms. The number of rotatable bonds is 0. The Bertz CT molecular complexity index is 138. The zero-order chi connectivity index (χ0) is 5.11. The van der Waals surface area contributed by atoms with E-state index < -0.39 is 0 Å². The first kappa shape index (κ1) is 8.45. The molecule has 2 heteroatoms. The van der Waals surface area contributed by atoms with Crippen molar-refractivity contribution in [2.75, 3.05) is 0 Å². The molecule has 8 heavy (non-hydrogen) atoms. The minimum Gasteiger partial charge on any atom is -0.0843 e. The van der Waals surface area contributed by atoms with Gasteiger partial charge < -0.3 is 0 Å². The summed E-state index contributed by atoms with van der Waals surface area (Å²) in [4.78, 5) is 0. The van der Waals surface area contributed by atoms with E-state index in [4.69, 9.17) is 11.6 Å². The van der Waals surface area contributed by atoms with Crippen LogP contribution in [0.5, 0.6) is 0 Å². The molecule has 0 atom stereocenters. The quantitative estimate of drug-likeness (QED) is 0.645. The van der Waals surface area contributed by atoms with Crippen LogP contribution < -0.4 is 0 Å². The average Bonchev–Trinajstić information content (AvgIpc) is 1.69. The molecular formula is C6H5ClHg+2. The second kappa shape index (κ2) is 4.34. The van der Waals surface area contributed by atoms with Crippen LogP contribution >= 0.6 is 11.6 Å². The summed E-state index contributed by atoms with van der Waals surface area (Å²) in [6, 6.07) is 9.44. The van der Waals surface area contributed by atoms with Crippen molar-refractivity contribution >= 4 is 11.6 Å². The van der Waals surface area contributed by atoms with Crippen LogP contribution in [0.15, 0.2) is 30.3 Å². The molecule has 0 heterocycles. The Morgan fingerprint density at radius 1 is 1.00 bits per heavy atom. The first-order valence-electron chi connectivity index (χ1n) is 2.10. The molecule has 36 valence electrons. The standard InChI is InChI=1S/C6H5Cl.Hg/c7-6-4-2-1-3-5-6;/h1-5H;/q;+2. The molecule has 0 radical (unpaired) electrons. The fourth-order valence-corrected chi connectivity index (χ4v) is 0.560. The predicted molar refractivity (Wildman–Crippen MR) is 31.5 cm³/mol. The summed E-state index contributed by atoms with van der Waals surface area (Å²) < 4.78 is 0. The molecule has 0 aliphatic rings. The Kier molecular flexibility index (Phi) is 4.58. The van der Waals surface area contributed by atoms with E-state index in [-0.39, 0.29) is 27.7 Å². The van der Waals surface area contributed by atoms with Crippen molar-refractivity contribution in [1.29, 1.82) is 0 Å². The fraction of sp³-hybridized carbons (Fsp3) is 0. The number of hydrogen-bond donors (Lipinski definition) is 0. The van der Waals surface area contributed by atoms with Gasteiger partial charge in [-0.05, 0) is 12.1 Å². The van der Waals surface area contributed by atoms with Crippen LogP contribution in [-0.4, -0.2) is 0 Å². The zero-order valence-corrected chi connectivity index (χ0v) is 10.7. The second-order valence-corrected chi connectivity index (χ2v) is 1.73. The molecule has 0 aromatic heterocycles. The van der Waals surface area contributed by atoms with Gasteiger partial charge in [0.15, 0.2) is 0 Å². The van der Waals surface area contributed by atoms with E-state index in [0.29, 0.717) is 0 Å². The Labute approximate surface area is 74.4 Å². The third kappa shape index (κ3) is 2.68. The summed E-state index contributed by atoms with van der Waals surface area (Å²) in [7, 11) is 0. The number of halogens is 1. The van der Waals surface area contributed by atoms with Crippen molar-refractivity contribution in [1.82, 2.24) is 0 Å². The van der Waals surface area contributed by atoms with Crippen molar-refractivity contribution in [3.8, 4) is 0 Å². The molecule has 1 aromatic carbocycles. The van der Waals surface area contributed by atoms with Gasteiger partial charge in [-0.1, -0.05) is 29.8 Å². The summed E-state index contributed by atoms with van der Waals surface area (Å²) in [6.07, 6.45) is 0. The molecule has 0 aliphatic carbocycles. The molecule has 1 rings (SSSR count). The van der Waals surface area contributed by atoms with E-state index in [1.165, 1.54) is 0 Å². The molecule has 1 aromatic rings. The van der Waals surface area contributed by atoms with Gasteiger partial charge in [-0.25, -0.2) is 0 Å². The third-order valence-electron chi connectivity index (χ3n) is 0.733. The molecule has 0 saturated carbocycles. The maximum absolute atomic E-state index is 5.54. The monoisotopic (exact) mass is 314 g/mol.